The first-order valence-electron chi connectivity index (χ1n) is 13.4. The zero-order chi connectivity index (χ0) is 29.9. The van der Waals surface area contributed by atoms with Crippen LogP contribution in [-0.2, 0) is 6.18 Å². The molecule has 3 N–H and O–H groups in total. The van der Waals surface area contributed by atoms with E-state index < -0.39 is 23.5 Å². The number of piperidine rings is 1. The van der Waals surface area contributed by atoms with Gasteiger partial charge in [0.15, 0.2) is 0 Å². The molecule has 0 spiro atoms. The number of amides is 1. The van der Waals surface area contributed by atoms with E-state index in [9.17, 15) is 18.0 Å². The summed E-state index contributed by atoms with van der Waals surface area (Å²) < 4.78 is 49.1. The topological polar surface area (TPSA) is 109 Å². The lowest BCUT2D eigenvalue weighted by atomic mass is 10.1. The molecule has 220 valence electrons. The molecular formula is C29H31F3N8O2. The van der Waals surface area contributed by atoms with Gasteiger partial charge < -0.3 is 25.6 Å². The molecule has 2 aromatic carbocycles. The normalized spacial score (nSPS) is 14.4. The zero-order valence-electron chi connectivity index (χ0n) is 23.4. The van der Waals surface area contributed by atoms with Gasteiger partial charge in [-0.15, -0.1) is 0 Å². The van der Waals surface area contributed by atoms with Gasteiger partial charge in [0.2, 0.25) is 5.95 Å². The molecule has 0 saturated carbocycles. The number of carbonyl (C=O) groups excluding carboxylic acids is 1. The summed E-state index contributed by atoms with van der Waals surface area (Å²) in [6.07, 6.45) is 1.86. The molecular weight excluding hydrogens is 549 g/mol. The fourth-order valence-electron chi connectivity index (χ4n) is 4.84. The third-order valence-electron chi connectivity index (χ3n) is 7.19. The van der Waals surface area contributed by atoms with Gasteiger partial charge in [-0.3, -0.25) is 9.48 Å². The molecule has 5 rings (SSSR count). The second-order valence-electron chi connectivity index (χ2n) is 9.99. The number of nitrogens with zero attached hydrogens (tertiary/aromatic N) is 5. The Morgan fingerprint density at radius 1 is 1.02 bits per heavy atom. The molecule has 1 aliphatic heterocycles. The molecule has 0 radical (unpaired) electrons. The number of nitrogens with one attached hydrogen (secondary N) is 3. The second-order valence-corrected chi connectivity index (χ2v) is 9.99. The van der Waals surface area contributed by atoms with Crippen molar-refractivity contribution in [1.82, 2.24) is 30.0 Å². The fraction of sp³-hybridized carbons (Fsp3) is 0.310. The van der Waals surface area contributed by atoms with Gasteiger partial charge in [0, 0.05) is 25.0 Å². The Labute approximate surface area is 240 Å². The number of anilines is 4. The monoisotopic (exact) mass is 580 g/mol. The Morgan fingerprint density at radius 3 is 2.50 bits per heavy atom. The number of aromatic nitrogens is 4. The van der Waals surface area contributed by atoms with Crippen LogP contribution in [-0.4, -0.2) is 64.9 Å². The summed E-state index contributed by atoms with van der Waals surface area (Å²) in [5.41, 5.74) is 1.50. The summed E-state index contributed by atoms with van der Waals surface area (Å²) >= 11 is 0. The maximum Gasteiger partial charge on any atom is 0.421 e. The van der Waals surface area contributed by atoms with Crippen LogP contribution in [0.4, 0.5) is 36.3 Å². The van der Waals surface area contributed by atoms with Gasteiger partial charge in [-0.1, -0.05) is 18.2 Å². The van der Waals surface area contributed by atoms with E-state index >= 15 is 0 Å². The highest BCUT2D eigenvalue weighted by molar-refractivity contribution is 6.00. The Balaban J connectivity index is 1.41. The van der Waals surface area contributed by atoms with Crippen LogP contribution in [0.1, 0.15) is 34.8 Å². The molecule has 0 bridgehead atoms. The first-order chi connectivity index (χ1) is 20.2. The van der Waals surface area contributed by atoms with Crippen LogP contribution >= 0.6 is 0 Å². The zero-order valence-corrected chi connectivity index (χ0v) is 23.4. The minimum atomic E-state index is -4.74. The molecule has 3 heterocycles. The molecule has 1 saturated heterocycles. The lowest BCUT2D eigenvalue weighted by Gasteiger charge is -2.28. The van der Waals surface area contributed by atoms with Crippen molar-refractivity contribution in [3.63, 3.8) is 0 Å². The Morgan fingerprint density at radius 2 is 1.79 bits per heavy atom. The molecule has 0 atom stereocenters. The van der Waals surface area contributed by atoms with Gasteiger partial charge in [0.05, 0.1) is 36.3 Å². The number of alkyl halides is 3. The first-order valence-corrected chi connectivity index (χ1v) is 13.4. The van der Waals surface area contributed by atoms with E-state index in [-0.39, 0.29) is 17.2 Å². The number of methoxy groups -OCH3 is 1. The van der Waals surface area contributed by atoms with Crippen LogP contribution in [0.25, 0.3) is 11.1 Å². The highest BCUT2D eigenvalue weighted by Gasteiger charge is 2.35. The minimum Gasteiger partial charge on any atom is -0.495 e. The second kappa shape index (κ2) is 12.1. The summed E-state index contributed by atoms with van der Waals surface area (Å²) in [5, 5.41) is 12.7. The Bertz CT molecular complexity index is 1560. The van der Waals surface area contributed by atoms with Gasteiger partial charge in [-0.05, 0) is 62.8 Å². The molecule has 0 unspecified atom stereocenters. The van der Waals surface area contributed by atoms with E-state index in [2.05, 4.69) is 43.0 Å². The van der Waals surface area contributed by atoms with E-state index in [1.165, 1.54) is 26.3 Å². The van der Waals surface area contributed by atoms with Crippen molar-refractivity contribution in [3.8, 4) is 16.9 Å². The van der Waals surface area contributed by atoms with E-state index in [4.69, 9.17) is 4.74 Å². The van der Waals surface area contributed by atoms with Crippen LogP contribution in [0.3, 0.4) is 0 Å². The predicted octanol–water partition coefficient (Wildman–Crippen LogP) is 5.48. The van der Waals surface area contributed by atoms with Crippen molar-refractivity contribution >= 4 is 29.0 Å². The number of carbonyl (C=O) groups is 1. The van der Waals surface area contributed by atoms with Gasteiger partial charge >= 0.3 is 6.18 Å². The number of rotatable bonds is 8. The summed E-state index contributed by atoms with van der Waals surface area (Å²) in [6.45, 7) is 2.05. The molecule has 42 heavy (non-hydrogen) atoms. The first kappa shape index (κ1) is 28.9. The summed E-state index contributed by atoms with van der Waals surface area (Å²) in [7, 11) is 5.06. The Kier molecular flexibility index (Phi) is 8.29. The molecule has 13 heteroatoms. The SMILES string of the molecule is CNC(=O)c1ccccc1Nc1nc(Nc2ccc(-c3cnn(C4CCN(C)CC4)c3)cc2OC)ncc1C(F)(F)F. The molecule has 0 aliphatic carbocycles. The number of ether oxygens (including phenoxy) is 1. The minimum absolute atomic E-state index is 0.0935. The summed E-state index contributed by atoms with van der Waals surface area (Å²) in [5.74, 6) is -0.611. The van der Waals surface area contributed by atoms with Crippen LogP contribution in [0.2, 0.25) is 0 Å². The third kappa shape index (κ3) is 6.30. The van der Waals surface area contributed by atoms with E-state index in [1.54, 1.807) is 18.2 Å². The standard InChI is InChI=1S/C29H31F3N8O2/c1-33-27(41)21-6-4-5-7-23(21)36-26-22(29(30,31)32)16-34-28(38-26)37-24-9-8-18(14-25(24)42-3)19-15-35-40(17-19)20-10-12-39(2)13-11-20/h4-9,14-17,20H,10-13H2,1-3H3,(H,33,41)(H2,34,36,37,38). The molecule has 1 fully saturated rings. The summed E-state index contributed by atoms with van der Waals surface area (Å²) in [6, 6.07) is 12.0. The van der Waals surface area contributed by atoms with E-state index in [1.807, 2.05) is 29.2 Å². The molecule has 1 aliphatic rings. The number of halogens is 3. The van der Waals surface area contributed by atoms with Crippen LogP contribution in [0, 0.1) is 0 Å². The quantitative estimate of drug-likeness (QED) is 0.251. The number of hydrogen-bond donors (Lipinski definition) is 3. The van der Waals surface area contributed by atoms with E-state index in [0.29, 0.717) is 23.7 Å². The molecule has 4 aromatic rings. The van der Waals surface area contributed by atoms with Crippen molar-refractivity contribution in [2.75, 3.05) is 44.9 Å². The molecule has 10 nitrogen and oxygen atoms in total. The number of para-hydroxylation sites is 1. The largest absolute Gasteiger partial charge is 0.495 e. The average Bonchev–Trinajstić information content (AvgIpc) is 3.47. The Hall–Kier alpha value is -4.65. The van der Waals surface area contributed by atoms with Gasteiger partial charge in [-0.25, -0.2) is 4.98 Å². The highest BCUT2D eigenvalue weighted by atomic mass is 19.4. The highest BCUT2D eigenvalue weighted by Crippen LogP contribution is 2.37. The third-order valence-corrected chi connectivity index (χ3v) is 7.19. The number of likely N-dealkylation sites (tertiary alicyclic amines) is 1. The molecule has 2 aromatic heterocycles. The van der Waals surface area contributed by atoms with Crippen molar-refractivity contribution in [2.45, 2.75) is 25.1 Å². The van der Waals surface area contributed by atoms with Crippen LogP contribution in [0.15, 0.2) is 61.1 Å². The smallest absolute Gasteiger partial charge is 0.421 e. The lowest BCUT2D eigenvalue weighted by Crippen LogP contribution is -2.31. The maximum absolute atomic E-state index is 13.8. The van der Waals surface area contributed by atoms with Crippen molar-refractivity contribution < 1.29 is 22.7 Å². The molecule has 1 amide bonds. The maximum atomic E-state index is 13.8. The van der Waals surface area contributed by atoms with Gasteiger partial charge in [-0.2, -0.15) is 23.3 Å². The van der Waals surface area contributed by atoms with Crippen molar-refractivity contribution in [3.05, 3.63) is 72.2 Å². The van der Waals surface area contributed by atoms with Crippen LogP contribution < -0.4 is 20.7 Å². The van der Waals surface area contributed by atoms with Crippen molar-refractivity contribution in [1.29, 1.82) is 0 Å². The fourth-order valence-corrected chi connectivity index (χ4v) is 4.84. The summed E-state index contributed by atoms with van der Waals surface area (Å²) in [4.78, 5) is 22.6. The van der Waals surface area contributed by atoms with E-state index in [0.717, 1.165) is 37.1 Å². The van der Waals surface area contributed by atoms with Gasteiger partial charge in [0.25, 0.3) is 5.91 Å². The van der Waals surface area contributed by atoms with Crippen molar-refractivity contribution in [2.24, 2.45) is 0 Å². The van der Waals surface area contributed by atoms with Gasteiger partial charge in [0.1, 0.15) is 17.1 Å². The number of benzene rings is 2. The lowest BCUT2D eigenvalue weighted by molar-refractivity contribution is -0.137. The van der Waals surface area contributed by atoms with Crippen LogP contribution in [0.5, 0.6) is 5.75 Å². The predicted molar refractivity (Wildman–Crippen MR) is 153 cm³/mol. The average molecular weight is 581 g/mol. The number of hydrogen-bond acceptors (Lipinski definition) is 8.